The number of nitrogens with zero attached hydrogens (tertiary/aromatic N) is 3. The van der Waals surface area contributed by atoms with Crippen LogP contribution >= 0.6 is 0 Å². The minimum Gasteiger partial charge on any atom is -0.377 e. The molecule has 7 nitrogen and oxygen atoms in total. The molecule has 0 aliphatic carbocycles. The van der Waals surface area contributed by atoms with Crippen LogP contribution in [0.1, 0.15) is 47.2 Å². The normalized spacial score (nSPS) is 11.4. The smallest absolute Gasteiger partial charge is 0.178 e. The molecular weight excluding hydrogens is 304 g/mol. The van der Waals surface area contributed by atoms with Gasteiger partial charge in [0.25, 0.3) is 0 Å². The standard InChI is InChI=1S/C17H18N6O/c1-10(13-4-6-14(7-5-13)17(18)23-19)22-11(2)15-8-16(12(3)24)21-9-20-15/h4-10,18-19,22H,2H2,1,3H3. The molecule has 0 fully saturated rings. The van der Waals surface area contributed by atoms with Crippen LogP contribution in [0.5, 0.6) is 0 Å². The molecule has 1 atom stereocenters. The van der Waals surface area contributed by atoms with Crippen LogP contribution in [0.4, 0.5) is 0 Å². The number of carbonyl (C=O) groups excluding carboxylic acids is 1. The van der Waals surface area contributed by atoms with Crippen molar-refractivity contribution >= 4 is 17.3 Å². The Balaban J connectivity index is 2.11. The Morgan fingerprint density at radius 1 is 1.25 bits per heavy atom. The van der Waals surface area contributed by atoms with Crippen molar-refractivity contribution < 1.29 is 4.79 Å². The number of nitrogens with one attached hydrogen (secondary N) is 3. The second-order valence-electron chi connectivity index (χ2n) is 5.27. The molecule has 0 saturated heterocycles. The first-order valence-corrected chi connectivity index (χ1v) is 7.27. The van der Waals surface area contributed by atoms with E-state index in [1.165, 1.54) is 13.3 Å². The zero-order chi connectivity index (χ0) is 17.7. The number of aromatic nitrogens is 2. The molecule has 24 heavy (non-hydrogen) atoms. The minimum absolute atomic E-state index is 0.0515. The van der Waals surface area contributed by atoms with Gasteiger partial charge >= 0.3 is 0 Å². The van der Waals surface area contributed by atoms with Crippen LogP contribution in [-0.2, 0) is 0 Å². The van der Waals surface area contributed by atoms with Crippen LogP contribution in [0, 0.1) is 10.9 Å². The molecule has 0 aliphatic heterocycles. The van der Waals surface area contributed by atoms with Crippen molar-refractivity contribution in [1.29, 1.82) is 10.9 Å². The summed E-state index contributed by atoms with van der Waals surface area (Å²) in [5.74, 6) is -0.207. The van der Waals surface area contributed by atoms with Crippen molar-refractivity contribution in [3.05, 3.63) is 65.8 Å². The lowest BCUT2D eigenvalue weighted by atomic mass is 10.1. The van der Waals surface area contributed by atoms with Gasteiger partial charge in [-0.15, -0.1) is 5.11 Å². The number of Topliss-reactive ketones (excluding diaryl/α,β-unsaturated/α-hetero) is 1. The summed E-state index contributed by atoms with van der Waals surface area (Å²) >= 11 is 0. The number of hydrogen-bond donors (Lipinski definition) is 3. The third-order valence-electron chi connectivity index (χ3n) is 3.52. The van der Waals surface area contributed by atoms with Gasteiger partial charge in [0, 0.05) is 18.5 Å². The van der Waals surface area contributed by atoms with Crippen molar-refractivity contribution in [3.63, 3.8) is 0 Å². The summed E-state index contributed by atoms with van der Waals surface area (Å²) in [7, 11) is 0. The van der Waals surface area contributed by atoms with Crippen LogP contribution in [0.15, 0.2) is 48.4 Å². The molecule has 0 saturated carbocycles. The fraction of sp³-hybridized carbons (Fsp3) is 0.176. The summed E-state index contributed by atoms with van der Waals surface area (Å²) in [6.45, 7) is 7.38. The lowest BCUT2D eigenvalue weighted by Crippen LogP contribution is -2.17. The number of amidine groups is 1. The highest BCUT2D eigenvalue weighted by atomic mass is 16.1. The molecule has 1 heterocycles. The molecule has 3 N–H and O–H groups in total. The highest BCUT2D eigenvalue weighted by molar-refractivity contribution is 5.96. The zero-order valence-electron chi connectivity index (χ0n) is 13.5. The van der Waals surface area contributed by atoms with Crippen LogP contribution in [0.25, 0.3) is 5.70 Å². The highest BCUT2D eigenvalue weighted by Gasteiger charge is 2.11. The first-order valence-electron chi connectivity index (χ1n) is 7.27. The fourth-order valence-electron chi connectivity index (χ4n) is 2.13. The zero-order valence-corrected chi connectivity index (χ0v) is 13.5. The summed E-state index contributed by atoms with van der Waals surface area (Å²) in [4.78, 5) is 19.4. The van der Waals surface area contributed by atoms with E-state index in [0.29, 0.717) is 22.6 Å². The summed E-state index contributed by atoms with van der Waals surface area (Å²) in [6, 6.07) is 8.76. The maximum absolute atomic E-state index is 11.4. The number of ketones is 1. The van der Waals surface area contributed by atoms with Crippen molar-refractivity contribution in [2.45, 2.75) is 19.9 Å². The molecule has 0 amide bonds. The average Bonchev–Trinajstić information content (AvgIpc) is 2.61. The van der Waals surface area contributed by atoms with Crippen LogP contribution in [-0.4, -0.2) is 21.6 Å². The average molecular weight is 322 g/mol. The Morgan fingerprint density at radius 2 is 1.88 bits per heavy atom. The SMILES string of the molecule is C=C(NC(C)c1ccc(C(=N)N=N)cc1)c1cc(C(C)=O)ncn1. The van der Waals surface area contributed by atoms with Crippen LogP contribution in [0.3, 0.4) is 0 Å². The van der Waals surface area contributed by atoms with Gasteiger partial charge in [0.05, 0.1) is 11.4 Å². The Morgan fingerprint density at radius 3 is 2.46 bits per heavy atom. The van der Waals surface area contributed by atoms with E-state index in [-0.39, 0.29) is 17.7 Å². The van der Waals surface area contributed by atoms with Gasteiger partial charge in [-0.25, -0.2) is 15.5 Å². The third kappa shape index (κ3) is 3.95. The van der Waals surface area contributed by atoms with Crippen molar-refractivity contribution in [3.8, 4) is 0 Å². The van der Waals surface area contributed by atoms with Gasteiger partial charge < -0.3 is 5.32 Å². The van der Waals surface area contributed by atoms with Crippen molar-refractivity contribution in [2.24, 2.45) is 5.11 Å². The number of carbonyl (C=O) groups is 1. The van der Waals surface area contributed by atoms with Crippen molar-refractivity contribution in [2.75, 3.05) is 0 Å². The molecule has 0 bridgehead atoms. The van der Waals surface area contributed by atoms with Crippen LogP contribution < -0.4 is 5.32 Å². The van der Waals surface area contributed by atoms with E-state index in [4.69, 9.17) is 10.9 Å². The van der Waals surface area contributed by atoms with Gasteiger partial charge in [0.1, 0.15) is 12.0 Å². The Labute approximate surface area is 139 Å². The molecule has 122 valence electrons. The van der Waals surface area contributed by atoms with Gasteiger partial charge in [-0.05, 0) is 18.6 Å². The van der Waals surface area contributed by atoms with Gasteiger partial charge in [-0.1, -0.05) is 30.8 Å². The molecule has 2 rings (SSSR count). The lowest BCUT2D eigenvalue weighted by molar-refractivity contribution is 0.101. The monoisotopic (exact) mass is 322 g/mol. The molecule has 7 heteroatoms. The Hall–Kier alpha value is -3.22. The molecule has 2 aromatic rings. The van der Waals surface area contributed by atoms with Gasteiger partial charge in [-0.3, -0.25) is 10.2 Å². The molecular formula is C17H18N6O. The second kappa shape index (κ2) is 7.36. The predicted molar refractivity (Wildman–Crippen MR) is 91.0 cm³/mol. The van der Waals surface area contributed by atoms with Crippen molar-refractivity contribution in [1.82, 2.24) is 15.3 Å². The molecule has 0 radical (unpaired) electrons. The second-order valence-corrected chi connectivity index (χ2v) is 5.27. The number of rotatable bonds is 6. The van der Waals surface area contributed by atoms with Gasteiger partial charge in [0.15, 0.2) is 11.6 Å². The largest absolute Gasteiger partial charge is 0.377 e. The minimum atomic E-state index is -0.127. The van der Waals surface area contributed by atoms with Gasteiger partial charge in [-0.2, -0.15) is 0 Å². The lowest BCUT2D eigenvalue weighted by Gasteiger charge is -2.17. The van der Waals surface area contributed by atoms with E-state index < -0.39 is 0 Å². The molecule has 0 spiro atoms. The maximum atomic E-state index is 11.4. The maximum Gasteiger partial charge on any atom is 0.178 e. The predicted octanol–water partition coefficient (Wildman–Crippen LogP) is 3.36. The van der Waals surface area contributed by atoms with Gasteiger partial charge in [0.2, 0.25) is 0 Å². The van der Waals surface area contributed by atoms with Crippen LogP contribution in [0.2, 0.25) is 0 Å². The highest BCUT2D eigenvalue weighted by Crippen LogP contribution is 2.18. The van der Waals surface area contributed by atoms with E-state index in [9.17, 15) is 4.79 Å². The Bertz CT molecular complexity index is 797. The first kappa shape index (κ1) is 17.1. The number of hydrogen-bond acceptors (Lipinski definition) is 6. The number of benzene rings is 1. The van der Waals surface area contributed by atoms with E-state index >= 15 is 0 Å². The Kier molecular flexibility index (Phi) is 5.26. The summed E-state index contributed by atoms with van der Waals surface area (Å²) in [5.41, 5.74) is 9.93. The third-order valence-corrected chi connectivity index (χ3v) is 3.52. The van der Waals surface area contributed by atoms with E-state index in [0.717, 1.165) is 5.56 Å². The van der Waals surface area contributed by atoms with E-state index in [1.807, 2.05) is 19.1 Å². The summed E-state index contributed by atoms with van der Waals surface area (Å²) < 4.78 is 0. The summed E-state index contributed by atoms with van der Waals surface area (Å²) in [5, 5.41) is 13.8. The van der Waals surface area contributed by atoms with E-state index in [1.54, 1.807) is 18.2 Å². The fourth-order valence-corrected chi connectivity index (χ4v) is 2.13. The quantitative estimate of drug-likeness (QED) is 0.327. The van der Waals surface area contributed by atoms with E-state index in [2.05, 4.69) is 27.0 Å². The summed E-state index contributed by atoms with van der Waals surface area (Å²) in [6.07, 6.45) is 1.34. The molecule has 0 aliphatic rings. The molecule has 1 unspecified atom stereocenters. The topological polar surface area (TPSA) is 115 Å². The molecule has 1 aromatic heterocycles. The first-order chi connectivity index (χ1) is 11.4. The molecule has 1 aromatic carbocycles.